The fourth-order valence-corrected chi connectivity index (χ4v) is 3.14. The van der Waals surface area contributed by atoms with Crippen LogP contribution in [-0.2, 0) is 10.2 Å². The highest BCUT2D eigenvalue weighted by Crippen LogP contribution is 2.40. The van der Waals surface area contributed by atoms with Crippen LogP contribution >= 0.6 is 11.6 Å². The van der Waals surface area contributed by atoms with Crippen LogP contribution in [0.15, 0.2) is 24.3 Å². The predicted octanol–water partition coefficient (Wildman–Crippen LogP) is 4.00. The number of benzene rings is 1. The van der Waals surface area contributed by atoms with Crippen LogP contribution in [0.4, 0.5) is 0 Å². The normalized spacial score (nSPS) is 18.9. The van der Waals surface area contributed by atoms with Crippen LogP contribution in [0.25, 0.3) is 0 Å². The third-order valence-corrected chi connectivity index (χ3v) is 4.21. The van der Waals surface area contributed by atoms with Gasteiger partial charge in [0.25, 0.3) is 0 Å². The number of hydrogen-bond acceptors (Lipinski definition) is 1. The van der Waals surface area contributed by atoms with E-state index in [4.69, 9.17) is 11.6 Å². The molecule has 0 heterocycles. The molecule has 1 aromatic carbocycles. The van der Waals surface area contributed by atoms with Gasteiger partial charge in [-0.1, -0.05) is 49.1 Å². The molecule has 92 valence electrons. The molecule has 0 aliphatic heterocycles. The molecule has 1 fully saturated rings. The third kappa shape index (κ3) is 2.40. The second kappa shape index (κ2) is 5.22. The summed E-state index contributed by atoms with van der Waals surface area (Å²) in [5.41, 5.74) is 2.10. The summed E-state index contributed by atoms with van der Waals surface area (Å²) < 4.78 is 0. The average Bonchev–Trinajstić information content (AvgIpc) is 2.39. The van der Waals surface area contributed by atoms with E-state index in [1.807, 2.05) is 0 Å². The molecule has 1 saturated carbocycles. The van der Waals surface area contributed by atoms with Gasteiger partial charge in [0.2, 0.25) is 0 Å². The monoisotopic (exact) mass is 250 g/mol. The topological polar surface area (TPSA) is 17.1 Å². The van der Waals surface area contributed by atoms with E-state index >= 15 is 0 Å². The SMILES string of the molecule is Cc1ccc(C2(C(=O)CCl)CCCCC2)cc1. The first-order chi connectivity index (χ1) is 8.19. The molecular weight excluding hydrogens is 232 g/mol. The van der Waals surface area contributed by atoms with Crippen molar-refractivity contribution in [2.24, 2.45) is 0 Å². The van der Waals surface area contributed by atoms with Gasteiger partial charge in [0.1, 0.15) is 0 Å². The zero-order valence-electron chi connectivity index (χ0n) is 10.3. The van der Waals surface area contributed by atoms with Crippen LogP contribution < -0.4 is 0 Å². The Labute approximate surface area is 108 Å². The fraction of sp³-hybridized carbons (Fsp3) is 0.533. The largest absolute Gasteiger partial charge is 0.297 e. The predicted molar refractivity (Wildman–Crippen MR) is 71.7 cm³/mol. The highest BCUT2D eigenvalue weighted by atomic mass is 35.5. The smallest absolute Gasteiger partial charge is 0.158 e. The first-order valence-corrected chi connectivity index (χ1v) is 6.89. The Morgan fingerprint density at radius 3 is 2.29 bits per heavy atom. The van der Waals surface area contributed by atoms with Crippen molar-refractivity contribution >= 4 is 17.4 Å². The molecule has 0 bridgehead atoms. The van der Waals surface area contributed by atoms with Crippen LogP contribution in [0.3, 0.4) is 0 Å². The van der Waals surface area contributed by atoms with Crippen LogP contribution in [0.5, 0.6) is 0 Å². The maximum absolute atomic E-state index is 12.2. The van der Waals surface area contributed by atoms with Crippen molar-refractivity contribution in [3.8, 4) is 0 Å². The second-order valence-corrected chi connectivity index (χ2v) is 5.33. The summed E-state index contributed by atoms with van der Waals surface area (Å²) in [5.74, 6) is 0.330. The number of carbonyl (C=O) groups excluding carboxylic acids is 1. The molecule has 2 heteroatoms. The van der Waals surface area contributed by atoms with Crippen molar-refractivity contribution in [2.75, 3.05) is 5.88 Å². The number of carbonyl (C=O) groups is 1. The molecule has 1 aliphatic rings. The lowest BCUT2D eigenvalue weighted by atomic mass is 9.67. The van der Waals surface area contributed by atoms with Gasteiger partial charge in [-0.2, -0.15) is 0 Å². The van der Waals surface area contributed by atoms with Crippen LogP contribution in [-0.4, -0.2) is 11.7 Å². The zero-order chi connectivity index (χ0) is 12.3. The van der Waals surface area contributed by atoms with Crippen molar-refractivity contribution in [3.05, 3.63) is 35.4 Å². The van der Waals surface area contributed by atoms with E-state index in [1.165, 1.54) is 12.0 Å². The summed E-state index contributed by atoms with van der Waals surface area (Å²) in [7, 11) is 0. The van der Waals surface area contributed by atoms with Gasteiger partial charge in [-0.05, 0) is 25.3 Å². The van der Waals surface area contributed by atoms with Gasteiger partial charge in [0.15, 0.2) is 5.78 Å². The molecule has 0 amide bonds. The van der Waals surface area contributed by atoms with Crippen molar-refractivity contribution in [1.82, 2.24) is 0 Å². The molecule has 1 nitrogen and oxygen atoms in total. The van der Waals surface area contributed by atoms with Gasteiger partial charge < -0.3 is 0 Å². The van der Waals surface area contributed by atoms with Crippen molar-refractivity contribution in [2.45, 2.75) is 44.4 Å². The van der Waals surface area contributed by atoms with Gasteiger partial charge in [-0.15, -0.1) is 11.6 Å². The zero-order valence-corrected chi connectivity index (χ0v) is 11.1. The molecule has 0 saturated heterocycles. The molecule has 1 aromatic rings. The summed E-state index contributed by atoms with van der Waals surface area (Å²) in [6.45, 7) is 2.07. The number of halogens is 1. The molecule has 17 heavy (non-hydrogen) atoms. The van der Waals surface area contributed by atoms with E-state index in [0.29, 0.717) is 0 Å². The third-order valence-electron chi connectivity index (χ3n) is 3.97. The maximum atomic E-state index is 12.2. The van der Waals surface area contributed by atoms with Gasteiger partial charge in [0.05, 0.1) is 11.3 Å². The average molecular weight is 251 g/mol. The van der Waals surface area contributed by atoms with Crippen molar-refractivity contribution in [3.63, 3.8) is 0 Å². The molecular formula is C15H19ClO. The lowest BCUT2D eigenvalue weighted by Crippen LogP contribution is -2.38. The maximum Gasteiger partial charge on any atom is 0.158 e. The molecule has 0 spiro atoms. The summed E-state index contributed by atoms with van der Waals surface area (Å²) in [5, 5.41) is 0. The number of rotatable bonds is 3. The van der Waals surface area contributed by atoms with Crippen molar-refractivity contribution < 1.29 is 4.79 Å². The lowest BCUT2D eigenvalue weighted by Gasteiger charge is -2.36. The Morgan fingerprint density at radius 2 is 1.76 bits per heavy atom. The fourth-order valence-electron chi connectivity index (χ4n) is 2.88. The van der Waals surface area contributed by atoms with Gasteiger partial charge in [-0.3, -0.25) is 4.79 Å². The van der Waals surface area contributed by atoms with Crippen LogP contribution in [0.2, 0.25) is 0 Å². The molecule has 0 atom stereocenters. The minimum Gasteiger partial charge on any atom is -0.297 e. The number of alkyl halides is 1. The van der Waals surface area contributed by atoms with E-state index in [9.17, 15) is 4.79 Å². The van der Waals surface area contributed by atoms with Crippen molar-refractivity contribution in [1.29, 1.82) is 0 Å². The number of hydrogen-bond donors (Lipinski definition) is 0. The highest BCUT2D eigenvalue weighted by molar-refractivity contribution is 6.29. The van der Waals surface area contributed by atoms with Gasteiger partial charge >= 0.3 is 0 Å². The summed E-state index contributed by atoms with van der Waals surface area (Å²) in [4.78, 5) is 12.2. The minimum absolute atomic E-state index is 0.133. The molecule has 0 radical (unpaired) electrons. The quantitative estimate of drug-likeness (QED) is 0.741. The second-order valence-electron chi connectivity index (χ2n) is 5.07. The van der Waals surface area contributed by atoms with E-state index in [2.05, 4.69) is 31.2 Å². The Balaban J connectivity index is 2.38. The summed E-state index contributed by atoms with van der Waals surface area (Å²) in [6, 6.07) is 8.39. The minimum atomic E-state index is -0.298. The molecule has 0 unspecified atom stereocenters. The Bertz CT molecular complexity index is 388. The molecule has 0 N–H and O–H groups in total. The van der Waals surface area contributed by atoms with E-state index in [-0.39, 0.29) is 17.1 Å². The van der Waals surface area contributed by atoms with E-state index in [0.717, 1.165) is 31.2 Å². The van der Waals surface area contributed by atoms with Crippen LogP contribution in [0.1, 0.15) is 43.2 Å². The highest BCUT2D eigenvalue weighted by Gasteiger charge is 2.39. The summed E-state index contributed by atoms with van der Waals surface area (Å²) in [6.07, 6.45) is 5.43. The van der Waals surface area contributed by atoms with Gasteiger partial charge in [0, 0.05) is 0 Å². The number of aryl methyl sites for hydroxylation is 1. The molecule has 0 aromatic heterocycles. The Hall–Kier alpha value is -0.820. The molecule has 1 aliphatic carbocycles. The van der Waals surface area contributed by atoms with Gasteiger partial charge in [-0.25, -0.2) is 0 Å². The lowest BCUT2D eigenvalue weighted by molar-refractivity contribution is -0.123. The number of Topliss-reactive ketones (excluding diaryl/α,β-unsaturated/α-hetero) is 1. The van der Waals surface area contributed by atoms with E-state index in [1.54, 1.807) is 0 Å². The molecule has 2 rings (SSSR count). The van der Waals surface area contributed by atoms with E-state index < -0.39 is 0 Å². The number of ketones is 1. The Kier molecular flexibility index (Phi) is 3.88. The Morgan fingerprint density at radius 1 is 1.18 bits per heavy atom. The van der Waals surface area contributed by atoms with Crippen LogP contribution in [0, 0.1) is 6.92 Å². The summed E-state index contributed by atoms with van der Waals surface area (Å²) >= 11 is 5.81. The first kappa shape index (κ1) is 12.6. The first-order valence-electron chi connectivity index (χ1n) is 6.35. The standard InChI is InChI=1S/C15H19ClO/c1-12-5-7-13(8-6-12)15(14(17)11-16)9-3-2-4-10-15/h5-8H,2-4,9-11H2,1H3.